The molecule has 72 valence electrons. The van der Waals surface area contributed by atoms with Crippen molar-refractivity contribution in [1.29, 1.82) is 0 Å². The van der Waals surface area contributed by atoms with Gasteiger partial charge in [-0.1, -0.05) is 0 Å². The van der Waals surface area contributed by atoms with E-state index in [2.05, 4.69) is 17.2 Å². The summed E-state index contributed by atoms with van der Waals surface area (Å²) >= 11 is 0. The maximum Gasteiger partial charge on any atom is 0.0606 e. The molecular formula is C10H17N3. The number of aromatic nitrogens is 1. The van der Waals surface area contributed by atoms with E-state index in [-0.39, 0.29) is 0 Å². The van der Waals surface area contributed by atoms with E-state index in [0.29, 0.717) is 12.6 Å². The first kappa shape index (κ1) is 9.99. The number of nitrogens with one attached hydrogen (secondary N) is 1. The van der Waals surface area contributed by atoms with E-state index in [1.807, 2.05) is 26.0 Å². The Hall–Kier alpha value is -1.09. The molecule has 3 heteroatoms. The molecule has 13 heavy (non-hydrogen) atoms. The summed E-state index contributed by atoms with van der Waals surface area (Å²) in [7, 11) is 0. The first-order chi connectivity index (χ1) is 6.13. The Balaban J connectivity index is 2.77. The van der Waals surface area contributed by atoms with Gasteiger partial charge in [0, 0.05) is 18.3 Å². The molecule has 0 aliphatic carbocycles. The van der Waals surface area contributed by atoms with Crippen molar-refractivity contribution < 1.29 is 0 Å². The fourth-order valence-electron chi connectivity index (χ4n) is 1.16. The second-order valence-electron chi connectivity index (χ2n) is 3.37. The molecule has 3 N–H and O–H groups in total. The number of rotatable bonds is 3. The normalized spacial score (nSPS) is 12.6. The summed E-state index contributed by atoms with van der Waals surface area (Å²) in [5.41, 5.74) is 8.66. The largest absolute Gasteiger partial charge is 0.380 e. The van der Waals surface area contributed by atoms with Crippen LogP contribution in [0.15, 0.2) is 12.1 Å². The van der Waals surface area contributed by atoms with Gasteiger partial charge in [0.05, 0.1) is 11.4 Å². The minimum atomic E-state index is 0.295. The maximum absolute atomic E-state index is 5.52. The standard InChI is InChI=1S/C10H17N3/c1-7-4-5-10(9(3)12-7)13-8(2)6-11/h4-5,8,13H,6,11H2,1-3H3. The summed E-state index contributed by atoms with van der Waals surface area (Å²) in [5.74, 6) is 0. The van der Waals surface area contributed by atoms with Gasteiger partial charge in [0.2, 0.25) is 0 Å². The van der Waals surface area contributed by atoms with E-state index in [1.165, 1.54) is 0 Å². The zero-order valence-electron chi connectivity index (χ0n) is 8.46. The molecule has 0 saturated heterocycles. The third-order valence-corrected chi connectivity index (χ3v) is 1.98. The van der Waals surface area contributed by atoms with Gasteiger partial charge in [-0.15, -0.1) is 0 Å². The number of pyridine rings is 1. The lowest BCUT2D eigenvalue weighted by Gasteiger charge is -2.14. The van der Waals surface area contributed by atoms with Crippen molar-refractivity contribution in [3.8, 4) is 0 Å². The van der Waals surface area contributed by atoms with Crippen molar-refractivity contribution in [1.82, 2.24) is 4.98 Å². The van der Waals surface area contributed by atoms with Crippen molar-refractivity contribution in [2.75, 3.05) is 11.9 Å². The van der Waals surface area contributed by atoms with Crippen LogP contribution in [0.1, 0.15) is 18.3 Å². The van der Waals surface area contributed by atoms with E-state index in [0.717, 1.165) is 17.1 Å². The predicted octanol–water partition coefficient (Wildman–Crippen LogP) is 1.46. The van der Waals surface area contributed by atoms with Gasteiger partial charge in [-0.2, -0.15) is 0 Å². The summed E-state index contributed by atoms with van der Waals surface area (Å²) in [5, 5.41) is 3.30. The highest BCUT2D eigenvalue weighted by Gasteiger charge is 2.02. The summed E-state index contributed by atoms with van der Waals surface area (Å²) in [6, 6.07) is 4.34. The number of hydrogen-bond acceptors (Lipinski definition) is 3. The van der Waals surface area contributed by atoms with Gasteiger partial charge in [0.1, 0.15) is 0 Å². The van der Waals surface area contributed by atoms with Crippen LogP contribution < -0.4 is 11.1 Å². The van der Waals surface area contributed by atoms with Crippen LogP contribution in [0.4, 0.5) is 5.69 Å². The van der Waals surface area contributed by atoms with Crippen LogP contribution in [-0.4, -0.2) is 17.6 Å². The molecule has 1 heterocycles. The molecule has 0 fully saturated rings. The molecule has 0 aromatic carbocycles. The number of hydrogen-bond donors (Lipinski definition) is 2. The fraction of sp³-hybridized carbons (Fsp3) is 0.500. The zero-order chi connectivity index (χ0) is 9.84. The molecule has 0 spiro atoms. The van der Waals surface area contributed by atoms with E-state index >= 15 is 0 Å². The first-order valence-corrected chi connectivity index (χ1v) is 4.54. The van der Waals surface area contributed by atoms with Gasteiger partial charge in [-0.25, -0.2) is 0 Å². The van der Waals surface area contributed by atoms with Gasteiger partial charge < -0.3 is 11.1 Å². The van der Waals surface area contributed by atoms with Crippen molar-refractivity contribution >= 4 is 5.69 Å². The molecule has 0 saturated carbocycles. The van der Waals surface area contributed by atoms with Crippen LogP contribution in [0.25, 0.3) is 0 Å². The van der Waals surface area contributed by atoms with Crippen LogP contribution in [0, 0.1) is 13.8 Å². The second-order valence-corrected chi connectivity index (χ2v) is 3.37. The molecule has 1 aromatic rings. The maximum atomic E-state index is 5.52. The lowest BCUT2D eigenvalue weighted by Crippen LogP contribution is -2.25. The average molecular weight is 179 g/mol. The highest BCUT2D eigenvalue weighted by molar-refractivity contribution is 5.48. The average Bonchev–Trinajstić information content (AvgIpc) is 2.09. The van der Waals surface area contributed by atoms with Crippen molar-refractivity contribution in [2.45, 2.75) is 26.8 Å². The summed E-state index contributed by atoms with van der Waals surface area (Å²) in [4.78, 5) is 4.36. The zero-order valence-corrected chi connectivity index (χ0v) is 8.46. The quantitative estimate of drug-likeness (QED) is 0.738. The van der Waals surface area contributed by atoms with E-state index in [4.69, 9.17) is 5.73 Å². The van der Waals surface area contributed by atoms with Crippen LogP contribution in [0.5, 0.6) is 0 Å². The number of aryl methyl sites for hydroxylation is 2. The minimum absolute atomic E-state index is 0.295. The van der Waals surface area contributed by atoms with Gasteiger partial charge >= 0.3 is 0 Å². The first-order valence-electron chi connectivity index (χ1n) is 4.54. The van der Waals surface area contributed by atoms with Gasteiger partial charge in [0.25, 0.3) is 0 Å². The van der Waals surface area contributed by atoms with Gasteiger partial charge in [0.15, 0.2) is 0 Å². The molecule has 0 amide bonds. The molecule has 1 atom stereocenters. The Kier molecular flexibility index (Phi) is 3.25. The van der Waals surface area contributed by atoms with E-state index in [1.54, 1.807) is 0 Å². The Labute approximate surface area is 79.4 Å². The highest BCUT2D eigenvalue weighted by Crippen LogP contribution is 2.13. The molecule has 3 nitrogen and oxygen atoms in total. The fourth-order valence-corrected chi connectivity index (χ4v) is 1.16. The molecule has 0 aliphatic heterocycles. The lowest BCUT2D eigenvalue weighted by molar-refractivity contribution is 0.801. The lowest BCUT2D eigenvalue weighted by atomic mass is 10.2. The van der Waals surface area contributed by atoms with Crippen LogP contribution in [0.3, 0.4) is 0 Å². The van der Waals surface area contributed by atoms with Crippen molar-refractivity contribution in [3.63, 3.8) is 0 Å². The van der Waals surface area contributed by atoms with Gasteiger partial charge in [-0.05, 0) is 32.9 Å². The van der Waals surface area contributed by atoms with Crippen LogP contribution in [-0.2, 0) is 0 Å². The Morgan fingerprint density at radius 1 is 1.46 bits per heavy atom. The topological polar surface area (TPSA) is 50.9 Å². The molecule has 0 radical (unpaired) electrons. The Morgan fingerprint density at radius 2 is 2.15 bits per heavy atom. The van der Waals surface area contributed by atoms with E-state index < -0.39 is 0 Å². The van der Waals surface area contributed by atoms with Crippen LogP contribution >= 0.6 is 0 Å². The van der Waals surface area contributed by atoms with E-state index in [9.17, 15) is 0 Å². The second kappa shape index (κ2) is 4.23. The molecule has 1 rings (SSSR count). The van der Waals surface area contributed by atoms with Crippen LogP contribution in [0.2, 0.25) is 0 Å². The molecule has 1 aromatic heterocycles. The van der Waals surface area contributed by atoms with Gasteiger partial charge in [-0.3, -0.25) is 4.98 Å². The molecule has 1 unspecified atom stereocenters. The third kappa shape index (κ3) is 2.70. The molecular weight excluding hydrogens is 162 g/mol. The molecule has 0 aliphatic rings. The summed E-state index contributed by atoms with van der Waals surface area (Å²) in [6.45, 7) is 6.67. The third-order valence-electron chi connectivity index (χ3n) is 1.98. The minimum Gasteiger partial charge on any atom is -0.380 e. The SMILES string of the molecule is Cc1ccc(NC(C)CN)c(C)n1. The smallest absolute Gasteiger partial charge is 0.0606 e. The monoisotopic (exact) mass is 179 g/mol. The molecule has 0 bridgehead atoms. The summed E-state index contributed by atoms with van der Waals surface area (Å²) < 4.78 is 0. The predicted molar refractivity (Wildman–Crippen MR) is 55.9 cm³/mol. The Morgan fingerprint density at radius 3 is 2.69 bits per heavy atom. The highest BCUT2D eigenvalue weighted by atomic mass is 14.9. The number of nitrogens with two attached hydrogens (primary N) is 1. The number of nitrogens with zero attached hydrogens (tertiary/aromatic N) is 1. The summed E-state index contributed by atoms with van der Waals surface area (Å²) in [6.07, 6.45) is 0. The Bertz CT molecular complexity index is 283. The van der Waals surface area contributed by atoms with Crippen molar-refractivity contribution in [3.05, 3.63) is 23.5 Å². The number of anilines is 1. The van der Waals surface area contributed by atoms with Crippen molar-refractivity contribution in [2.24, 2.45) is 5.73 Å².